The average Bonchev–Trinajstić information content (AvgIpc) is 2.26. The minimum atomic E-state index is -0.0687. The molecule has 1 aromatic heterocycles. The predicted molar refractivity (Wildman–Crippen MR) is 59.3 cm³/mol. The normalized spacial score (nSPS) is 10.4. The van der Waals surface area contributed by atoms with Gasteiger partial charge in [-0.25, -0.2) is 0 Å². The molecule has 4 nitrogen and oxygen atoms in total. The number of hydrogen-bond donors (Lipinski definition) is 2. The second-order valence-electron chi connectivity index (χ2n) is 3.84. The van der Waals surface area contributed by atoms with Gasteiger partial charge in [-0.1, -0.05) is 13.8 Å². The molecule has 0 unspecified atom stereocenters. The number of carbonyl (C=O) groups excluding carboxylic acids is 1. The van der Waals surface area contributed by atoms with Crippen molar-refractivity contribution in [2.24, 2.45) is 11.7 Å². The molecule has 0 spiro atoms. The van der Waals surface area contributed by atoms with Crippen LogP contribution >= 0.6 is 0 Å². The number of amides is 1. The molecule has 0 saturated carbocycles. The van der Waals surface area contributed by atoms with Crippen LogP contribution < -0.4 is 11.1 Å². The molecule has 0 aliphatic carbocycles. The molecule has 0 saturated heterocycles. The monoisotopic (exact) mass is 207 g/mol. The Labute approximate surface area is 89.9 Å². The maximum Gasteiger partial charge on any atom is 0.251 e. The molecule has 0 atom stereocenters. The standard InChI is InChI=1S/C11H17N3O/c1-8(2)7-14-11(15)9-3-4-13-10(5-9)6-12/h3-5,8H,6-7,12H2,1-2H3,(H,14,15). The topological polar surface area (TPSA) is 68.0 Å². The van der Waals surface area contributed by atoms with Crippen LogP contribution in [0.3, 0.4) is 0 Å². The number of pyridine rings is 1. The highest BCUT2D eigenvalue weighted by atomic mass is 16.1. The van der Waals surface area contributed by atoms with Gasteiger partial charge in [0.05, 0.1) is 5.69 Å². The molecule has 0 bridgehead atoms. The predicted octanol–water partition coefficient (Wildman–Crippen LogP) is 0.926. The van der Waals surface area contributed by atoms with E-state index in [-0.39, 0.29) is 5.91 Å². The van der Waals surface area contributed by atoms with E-state index in [0.717, 1.165) is 5.69 Å². The van der Waals surface area contributed by atoms with Crippen molar-refractivity contribution in [3.63, 3.8) is 0 Å². The highest BCUT2D eigenvalue weighted by molar-refractivity contribution is 5.94. The summed E-state index contributed by atoms with van der Waals surface area (Å²) in [5.41, 5.74) is 6.79. The number of nitrogens with two attached hydrogens (primary N) is 1. The van der Waals surface area contributed by atoms with Crippen molar-refractivity contribution in [2.75, 3.05) is 6.54 Å². The van der Waals surface area contributed by atoms with E-state index in [4.69, 9.17) is 5.73 Å². The van der Waals surface area contributed by atoms with Gasteiger partial charge in [-0.3, -0.25) is 9.78 Å². The van der Waals surface area contributed by atoms with Crippen LogP contribution in [0.5, 0.6) is 0 Å². The lowest BCUT2D eigenvalue weighted by Gasteiger charge is -2.07. The Morgan fingerprint density at radius 3 is 2.93 bits per heavy atom. The molecule has 0 fully saturated rings. The van der Waals surface area contributed by atoms with Gasteiger partial charge in [-0.15, -0.1) is 0 Å². The van der Waals surface area contributed by atoms with E-state index in [1.165, 1.54) is 0 Å². The zero-order valence-electron chi connectivity index (χ0n) is 9.16. The Kier molecular flexibility index (Phi) is 4.24. The lowest BCUT2D eigenvalue weighted by molar-refractivity contribution is 0.0949. The average molecular weight is 207 g/mol. The zero-order valence-corrected chi connectivity index (χ0v) is 9.16. The molecule has 3 N–H and O–H groups in total. The highest BCUT2D eigenvalue weighted by Crippen LogP contribution is 2.01. The molecule has 1 heterocycles. The van der Waals surface area contributed by atoms with Gasteiger partial charge in [0, 0.05) is 24.8 Å². The van der Waals surface area contributed by atoms with Crippen LogP contribution in [0.2, 0.25) is 0 Å². The summed E-state index contributed by atoms with van der Waals surface area (Å²) in [6.45, 7) is 5.14. The SMILES string of the molecule is CC(C)CNC(=O)c1ccnc(CN)c1. The van der Waals surface area contributed by atoms with Crippen molar-refractivity contribution in [2.45, 2.75) is 20.4 Å². The third-order valence-corrected chi connectivity index (χ3v) is 1.96. The van der Waals surface area contributed by atoms with Gasteiger partial charge in [0.25, 0.3) is 5.91 Å². The van der Waals surface area contributed by atoms with Gasteiger partial charge in [0.1, 0.15) is 0 Å². The van der Waals surface area contributed by atoms with Crippen LogP contribution in [-0.4, -0.2) is 17.4 Å². The maximum absolute atomic E-state index is 11.6. The van der Waals surface area contributed by atoms with E-state index < -0.39 is 0 Å². The molecular formula is C11H17N3O. The van der Waals surface area contributed by atoms with Crippen molar-refractivity contribution in [1.82, 2.24) is 10.3 Å². The van der Waals surface area contributed by atoms with Gasteiger partial charge in [-0.2, -0.15) is 0 Å². The summed E-state index contributed by atoms with van der Waals surface area (Å²) in [7, 11) is 0. The van der Waals surface area contributed by atoms with Crippen molar-refractivity contribution >= 4 is 5.91 Å². The van der Waals surface area contributed by atoms with Crippen molar-refractivity contribution in [1.29, 1.82) is 0 Å². The first kappa shape index (κ1) is 11.7. The number of nitrogens with zero attached hydrogens (tertiary/aromatic N) is 1. The van der Waals surface area contributed by atoms with Gasteiger partial charge >= 0.3 is 0 Å². The number of nitrogens with one attached hydrogen (secondary N) is 1. The lowest BCUT2D eigenvalue weighted by atomic mass is 10.2. The number of aromatic nitrogens is 1. The van der Waals surface area contributed by atoms with Crippen LogP contribution in [0.4, 0.5) is 0 Å². The van der Waals surface area contributed by atoms with Crippen LogP contribution in [-0.2, 0) is 6.54 Å². The third-order valence-electron chi connectivity index (χ3n) is 1.96. The summed E-state index contributed by atoms with van der Waals surface area (Å²) in [6, 6.07) is 3.41. The molecule has 15 heavy (non-hydrogen) atoms. The molecule has 0 aromatic carbocycles. The first-order valence-corrected chi connectivity index (χ1v) is 5.06. The Morgan fingerprint density at radius 1 is 1.60 bits per heavy atom. The number of rotatable bonds is 4. The molecule has 82 valence electrons. The zero-order chi connectivity index (χ0) is 11.3. The Hall–Kier alpha value is -1.42. The van der Waals surface area contributed by atoms with Crippen molar-refractivity contribution in [3.05, 3.63) is 29.6 Å². The minimum absolute atomic E-state index is 0.0687. The van der Waals surface area contributed by atoms with Gasteiger partial charge < -0.3 is 11.1 Å². The third kappa shape index (κ3) is 3.67. The first-order chi connectivity index (χ1) is 7.13. The Balaban J connectivity index is 2.65. The fourth-order valence-corrected chi connectivity index (χ4v) is 1.13. The summed E-state index contributed by atoms with van der Waals surface area (Å²) in [5.74, 6) is 0.380. The lowest BCUT2D eigenvalue weighted by Crippen LogP contribution is -2.27. The van der Waals surface area contributed by atoms with Gasteiger partial charge in [0.15, 0.2) is 0 Å². The Bertz CT molecular complexity index is 336. The molecular weight excluding hydrogens is 190 g/mol. The molecule has 1 aromatic rings. The second-order valence-corrected chi connectivity index (χ2v) is 3.84. The van der Waals surface area contributed by atoms with Crippen molar-refractivity contribution in [3.8, 4) is 0 Å². The van der Waals surface area contributed by atoms with E-state index in [1.54, 1.807) is 18.3 Å². The maximum atomic E-state index is 11.6. The minimum Gasteiger partial charge on any atom is -0.352 e. The van der Waals surface area contributed by atoms with Crippen LogP contribution in [0.1, 0.15) is 29.9 Å². The van der Waals surface area contributed by atoms with Gasteiger partial charge in [-0.05, 0) is 18.1 Å². The van der Waals surface area contributed by atoms with E-state index in [9.17, 15) is 4.79 Å². The Morgan fingerprint density at radius 2 is 2.33 bits per heavy atom. The molecule has 1 amide bonds. The first-order valence-electron chi connectivity index (χ1n) is 5.06. The van der Waals surface area contributed by atoms with Crippen LogP contribution in [0, 0.1) is 5.92 Å². The number of carbonyl (C=O) groups is 1. The largest absolute Gasteiger partial charge is 0.352 e. The summed E-state index contributed by atoms with van der Waals surface area (Å²) in [5, 5.41) is 2.84. The summed E-state index contributed by atoms with van der Waals surface area (Å²) in [4.78, 5) is 15.7. The van der Waals surface area contributed by atoms with E-state index in [1.807, 2.05) is 0 Å². The second kappa shape index (κ2) is 5.46. The molecule has 1 rings (SSSR count). The van der Waals surface area contributed by atoms with Crippen LogP contribution in [0.25, 0.3) is 0 Å². The molecule has 0 aliphatic rings. The summed E-state index contributed by atoms with van der Waals surface area (Å²) >= 11 is 0. The fourth-order valence-electron chi connectivity index (χ4n) is 1.13. The number of hydrogen-bond acceptors (Lipinski definition) is 3. The van der Waals surface area contributed by atoms with Gasteiger partial charge in [0.2, 0.25) is 0 Å². The summed E-state index contributed by atoms with van der Waals surface area (Å²) < 4.78 is 0. The van der Waals surface area contributed by atoms with Crippen molar-refractivity contribution < 1.29 is 4.79 Å². The van der Waals surface area contributed by atoms with E-state index >= 15 is 0 Å². The molecule has 0 aliphatic heterocycles. The van der Waals surface area contributed by atoms with E-state index in [0.29, 0.717) is 24.6 Å². The molecule has 4 heteroatoms. The van der Waals surface area contributed by atoms with E-state index in [2.05, 4.69) is 24.1 Å². The molecule has 0 radical (unpaired) electrons. The quantitative estimate of drug-likeness (QED) is 0.771. The van der Waals surface area contributed by atoms with Crippen LogP contribution in [0.15, 0.2) is 18.3 Å². The highest BCUT2D eigenvalue weighted by Gasteiger charge is 2.06. The fraction of sp³-hybridized carbons (Fsp3) is 0.455. The summed E-state index contributed by atoms with van der Waals surface area (Å²) in [6.07, 6.45) is 1.60. The smallest absolute Gasteiger partial charge is 0.251 e.